The topological polar surface area (TPSA) is 63.7 Å². The molecule has 1 aliphatic heterocycles. The van der Waals surface area contributed by atoms with E-state index < -0.39 is 10.0 Å². The van der Waals surface area contributed by atoms with Crippen molar-refractivity contribution in [3.05, 3.63) is 29.8 Å². The van der Waals surface area contributed by atoms with Crippen molar-refractivity contribution in [1.29, 1.82) is 0 Å². The highest BCUT2D eigenvalue weighted by Crippen LogP contribution is 2.24. The Labute approximate surface area is 119 Å². The van der Waals surface area contributed by atoms with Crippen molar-refractivity contribution in [3.63, 3.8) is 0 Å². The normalized spacial score (nSPS) is 24.6. The number of carbonyl (C=O) groups is 1. The van der Waals surface area contributed by atoms with Crippen LogP contribution in [0.1, 0.15) is 31.1 Å². The highest BCUT2D eigenvalue weighted by Gasteiger charge is 2.35. The van der Waals surface area contributed by atoms with E-state index in [0.717, 1.165) is 0 Å². The summed E-state index contributed by atoms with van der Waals surface area (Å²) < 4.78 is 32.3. The Morgan fingerprint density at radius 3 is 2.70 bits per heavy atom. The first-order valence-corrected chi connectivity index (χ1v) is 8.02. The Balaban J connectivity index is 2.39. The number of morpholine rings is 1. The highest BCUT2D eigenvalue weighted by molar-refractivity contribution is 7.89. The van der Waals surface area contributed by atoms with Gasteiger partial charge in [-0.2, -0.15) is 4.31 Å². The number of hydrogen-bond donors (Lipinski definition) is 0. The molecule has 0 aliphatic carbocycles. The standard InChI is InChI=1S/C14H19NO4S/c1-10-12(3)19-8-7-15(10)20(17,18)14-6-4-5-13(9-14)11(2)16/h4-6,9-10,12H,7-8H2,1-3H3. The van der Waals surface area contributed by atoms with Crippen LogP contribution >= 0.6 is 0 Å². The van der Waals surface area contributed by atoms with Crippen molar-refractivity contribution < 1.29 is 17.9 Å². The van der Waals surface area contributed by atoms with Gasteiger partial charge in [-0.25, -0.2) is 8.42 Å². The Morgan fingerprint density at radius 1 is 1.35 bits per heavy atom. The minimum absolute atomic E-state index is 0.144. The summed E-state index contributed by atoms with van der Waals surface area (Å²) in [5.74, 6) is -0.148. The SMILES string of the molecule is CC(=O)c1cccc(S(=O)(=O)N2CCOC(C)C2C)c1. The molecular weight excluding hydrogens is 278 g/mol. The van der Waals surface area contributed by atoms with Crippen LogP contribution in [0, 0.1) is 0 Å². The number of ether oxygens (including phenoxy) is 1. The Bertz CT molecular complexity index is 611. The molecule has 0 radical (unpaired) electrons. The van der Waals surface area contributed by atoms with Gasteiger partial charge in [0.15, 0.2) is 5.78 Å². The molecule has 0 bridgehead atoms. The van der Waals surface area contributed by atoms with E-state index >= 15 is 0 Å². The van der Waals surface area contributed by atoms with Crippen molar-refractivity contribution in [3.8, 4) is 0 Å². The quantitative estimate of drug-likeness (QED) is 0.796. The molecule has 1 heterocycles. The fraction of sp³-hybridized carbons (Fsp3) is 0.500. The third kappa shape index (κ3) is 2.77. The maximum absolute atomic E-state index is 12.7. The molecule has 5 nitrogen and oxygen atoms in total. The molecular formula is C14H19NO4S. The Morgan fingerprint density at radius 2 is 2.05 bits per heavy atom. The van der Waals surface area contributed by atoms with Crippen molar-refractivity contribution in [2.45, 2.75) is 37.8 Å². The summed E-state index contributed by atoms with van der Waals surface area (Å²) in [5.41, 5.74) is 0.403. The summed E-state index contributed by atoms with van der Waals surface area (Å²) in [5, 5.41) is 0. The number of benzene rings is 1. The summed E-state index contributed by atoms with van der Waals surface area (Å²) >= 11 is 0. The fourth-order valence-corrected chi connectivity index (χ4v) is 3.98. The van der Waals surface area contributed by atoms with Crippen molar-refractivity contribution in [2.24, 2.45) is 0 Å². The third-order valence-corrected chi connectivity index (χ3v) is 5.66. The van der Waals surface area contributed by atoms with Gasteiger partial charge in [-0.05, 0) is 32.9 Å². The zero-order valence-electron chi connectivity index (χ0n) is 11.9. The minimum atomic E-state index is -3.60. The van der Waals surface area contributed by atoms with E-state index in [1.54, 1.807) is 12.1 Å². The van der Waals surface area contributed by atoms with Gasteiger partial charge < -0.3 is 4.74 Å². The van der Waals surface area contributed by atoms with Crippen molar-refractivity contribution in [1.82, 2.24) is 4.31 Å². The molecule has 0 aromatic heterocycles. The van der Waals surface area contributed by atoms with E-state index in [-0.39, 0.29) is 22.8 Å². The van der Waals surface area contributed by atoms with Crippen molar-refractivity contribution in [2.75, 3.05) is 13.2 Å². The first kappa shape index (κ1) is 15.2. The lowest BCUT2D eigenvalue weighted by Crippen LogP contribution is -2.51. The van der Waals surface area contributed by atoms with Crippen LogP contribution < -0.4 is 0 Å². The van der Waals surface area contributed by atoms with Gasteiger partial charge in [-0.1, -0.05) is 12.1 Å². The molecule has 1 fully saturated rings. The lowest BCUT2D eigenvalue weighted by Gasteiger charge is -2.36. The second kappa shape index (κ2) is 5.63. The number of ketones is 1. The molecule has 2 rings (SSSR count). The third-order valence-electron chi connectivity index (χ3n) is 3.67. The summed E-state index contributed by atoms with van der Waals surface area (Å²) in [6.45, 7) is 5.83. The first-order chi connectivity index (χ1) is 9.34. The summed E-state index contributed by atoms with van der Waals surface area (Å²) in [4.78, 5) is 11.5. The summed E-state index contributed by atoms with van der Waals surface area (Å²) in [6, 6.07) is 5.94. The van der Waals surface area contributed by atoms with Crippen LogP contribution in [0.15, 0.2) is 29.2 Å². The van der Waals surface area contributed by atoms with E-state index in [1.165, 1.54) is 23.4 Å². The average Bonchev–Trinajstić information content (AvgIpc) is 2.41. The van der Waals surface area contributed by atoms with Gasteiger partial charge in [0.1, 0.15) is 0 Å². The van der Waals surface area contributed by atoms with Crippen LogP contribution in [-0.2, 0) is 14.8 Å². The van der Waals surface area contributed by atoms with E-state index in [0.29, 0.717) is 18.7 Å². The Hall–Kier alpha value is -1.24. The van der Waals surface area contributed by atoms with Crippen LogP contribution in [0.25, 0.3) is 0 Å². The van der Waals surface area contributed by atoms with Gasteiger partial charge in [-0.3, -0.25) is 4.79 Å². The zero-order valence-corrected chi connectivity index (χ0v) is 12.7. The second-order valence-corrected chi connectivity index (χ2v) is 6.91. The van der Waals surface area contributed by atoms with Gasteiger partial charge in [0.05, 0.1) is 17.6 Å². The monoisotopic (exact) mass is 297 g/mol. The van der Waals surface area contributed by atoms with Crippen LogP contribution in [0.3, 0.4) is 0 Å². The molecule has 20 heavy (non-hydrogen) atoms. The Kier molecular flexibility index (Phi) is 4.27. The number of carbonyl (C=O) groups excluding carboxylic acids is 1. The maximum Gasteiger partial charge on any atom is 0.243 e. The number of nitrogens with zero attached hydrogens (tertiary/aromatic N) is 1. The lowest BCUT2D eigenvalue weighted by atomic mass is 10.2. The second-order valence-electron chi connectivity index (χ2n) is 5.02. The molecule has 0 spiro atoms. The molecule has 6 heteroatoms. The molecule has 0 amide bonds. The largest absolute Gasteiger partial charge is 0.375 e. The predicted octanol–water partition coefficient (Wildman–Crippen LogP) is 1.69. The molecule has 110 valence electrons. The van der Waals surface area contributed by atoms with E-state index in [2.05, 4.69) is 0 Å². The number of sulfonamides is 1. The van der Waals surface area contributed by atoms with Gasteiger partial charge in [0, 0.05) is 18.2 Å². The first-order valence-electron chi connectivity index (χ1n) is 6.58. The average molecular weight is 297 g/mol. The molecule has 1 aromatic rings. The van der Waals surface area contributed by atoms with E-state index in [4.69, 9.17) is 4.74 Å². The molecule has 2 unspecified atom stereocenters. The van der Waals surface area contributed by atoms with Gasteiger partial charge >= 0.3 is 0 Å². The molecule has 1 aromatic carbocycles. The molecule has 1 aliphatic rings. The van der Waals surface area contributed by atoms with Crippen LogP contribution in [0.4, 0.5) is 0 Å². The van der Waals surface area contributed by atoms with Crippen LogP contribution in [0.2, 0.25) is 0 Å². The van der Waals surface area contributed by atoms with E-state index in [1.807, 2.05) is 13.8 Å². The zero-order chi connectivity index (χ0) is 14.9. The molecule has 0 saturated carbocycles. The smallest absolute Gasteiger partial charge is 0.243 e. The summed E-state index contributed by atoms with van der Waals surface area (Å²) in [7, 11) is -3.60. The minimum Gasteiger partial charge on any atom is -0.375 e. The van der Waals surface area contributed by atoms with Gasteiger partial charge in [0.2, 0.25) is 10.0 Å². The number of hydrogen-bond acceptors (Lipinski definition) is 4. The molecule has 2 atom stereocenters. The predicted molar refractivity (Wildman–Crippen MR) is 75.2 cm³/mol. The number of rotatable bonds is 3. The van der Waals surface area contributed by atoms with Crippen LogP contribution in [-0.4, -0.2) is 43.8 Å². The van der Waals surface area contributed by atoms with Gasteiger partial charge in [-0.15, -0.1) is 0 Å². The molecule has 1 saturated heterocycles. The molecule has 0 N–H and O–H groups in total. The summed E-state index contributed by atoms with van der Waals surface area (Å²) in [6.07, 6.45) is -0.144. The highest BCUT2D eigenvalue weighted by atomic mass is 32.2. The van der Waals surface area contributed by atoms with Gasteiger partial charge in [0.25, 0.3) is 0 Å². The van der Waals surface area contributed by atoms with E-state index in [9.17, 15) is 13.2 Å². The number of Topliss-reactive ketones (excluding diaryl/α,β-unsaturated/α-hetero) is 1. The van der Waals surface area contributed by atoms with Crippen molar-refractivity contribution >= 4 is 15.8 Å². The fourth-order valence-electron chi connectivity index (χ4n) is 2.26. The maximum atomic E-state index is 12.7. The lowest BCUT2D eigenvalue weighted by molar-refractivity contribution is -0.0232. The van der Waals surface area contributed by atoms with Crippen LogP contribution in [0.5, 0.6) is 0 Å².